The lowest BCUT2D eigenvalue weighted by Crippen LogP contribution is -2.49. The van der Waals surface area contributed by atoms with Gasteiger partial charge in [-0.3, -0.25) is 14.9 Å². The Labute approximate surface area is 219 Å². The number of aryl methyl sites for hydroxylation is 2. The van der Waals surface area contributed by atoms with E-state index in [1.807, 2.05) is 56.3 Å². The van der Waals surface area contributed by atoms with Gasteiger partial charge in [0.25, 0.3) is 11.6 Å². The lowest BCUT2D eigenvalue weighted by atomic mass is 10.0. The minimum Gasteiger partial charge on any atom is -0.368 e. The van der Waals surface area contributed by atoms with E-state index in [0.29, 0.717) is 48.3 Å². The first-order valence-electron chi connectivity index (χ1n) is 12.0. The fourth-order valence-electron chi connectivity index (χ4n) is 4.51. The van der Waals surface area contributed by atoms with Crippen LogP contribution in [0.5, 0.6) is 0 Å². The molecule has 0 saturated carbocycles. The molecular weight excluding hydrogens is 490 g/mol. The smallest absolute Gasteiger partial charge is 0.272 e. The van der Waals surface area contributed by atoms with Crippen LogP contribution in [0, 0.1) is 24.0 Å². The molecule has 0 radical (unpaired) electrons. The maximum atomic E-state index is 13.8. The van der Waals surface area contributed by atoms with Gasteiger partial charge in [-0.15, -0.1) is 0 Å². The van der Waals surface area contributed by atoms with Crippen LogP contribution >= 0.6 is 11.6 Å². The first kappa shape index (κ1) is 24.5. The van der Waals surface area contributed by atoms with Crippen molar-refractivity contribution >= 4 is 28.9 Å². The number of non-ortho nitro benzene ring substituents is 1. The molecule has 0 N–H and O–H groups in total. The average molecular weight is 516 g/mol. The quantitative estimate of drug-likeness (QED) is 0.252. The lowest BCUT2D eigenvalue weighted by molar-refractivity contribution is -0.384. The largest absolute Gasteiger partial charge is 0.368 e. The zero-order valence-electron chi connectivity index (χ0n) is 20.6. The first-order valence-corrected chi connectivity index (χ1v) is 12.4. The van der Waals surface area contributed by atoms with Gasteiger partial charge in [0.2, 0.25) is 0 Å². The van der Waals surface area contributed by atoms with Crippen molar-refractivity contribution in [1.29, 1.82) is 0 Å². The molecule has 4 aromatic rings. The van der Waals surface area contributed by atoms with Gasteiger partial charge in [-0.1, -0.05) is 35.9 Å². The number of nitro benzene ring substituents is 1. The maximum Gasteiger partial charge on any atom is 0.272 e. The number of aromatic nitrogens is 2. The van der Waals surface area contributed by atoms with Crippen molar-refractivity contribution in [2.75, 3.05) is 31.1 Å². The van der Waals surface area contributed by atoms with Crippen molar-refractivity contribution in [2.45, 2.75) is 13.8 Å². The summed E-state index contributed by atoms with van der Waals surface area (Å²) in [4.78, 5) is 28.7. The van der Waals surface area contributed by atoms with Gasteiger partial charge in [0.15, 0.2) is 0 Å². The van der Waals surface area contributed by atoms with E-state index in [1.54, 1.807) is 23.1 Å². The van der Waals surface area contributed by atoms with Crippen LogP contribution in [-0.4, -0.2) is 51.7 Å². The highest BCUT2D eigenvalue weighted by atomic mass is 35.5. The molecule has 1 amide bonds. The van der Waals surface area contributed by atoms with Gasteiger partial charge in [-0.25, -0.2) is 4.68 Å². The second-order valence-electron chi connectivity index (χ2n) is 9.16. The van der Waals surface area contributed by atoms with Gasteiger partial charge in [-0.05, 0) is 61.4 Å². The fraction of sp³-hybridized carbons (Fsp3) is 0.214. The van der Waals surface area contributed by atoms with Crippen molar-refractivity contribution < 1.29 is 9.72 Å². The van der Waals surface area contributed by atoms with E-state index in [1.165, 1.54) is 16.8 Å². The van der Waals surface area contributed by atoms with E-state index in [4.69, 9.17) is 16.7 Å². The molecular formula is C28H26ClN5O3. The van der Waals surface area contributed by atoms with Crippen LogP contribution in [-0.2, 0) is 0 Å². The molecule has 1 aromatic heterocycles. The van der Waals surface area contributed by atoms with Crippen LogP contribution in [0.3, 0.4) is 0 Å². The molecule has 37 heavy (non-hydrogen) atoms. The minimum absolute atomic E-state index is 0.0609. The lowest BCUT2D eigenvalue weighted by Gasteiger charge is -2.36. The molecule has 0 aliphatic carbocycles. The van der Waals surface area contributed by atoms with Crippen LogP contribution in [0.1, 0.15) is 21.6 Å². The molecule has 1 aliphatic heterocycles. The van der Waals surface area contributed by atoms with Crippen molar-refractivity contribution in [3.63, 3.8) is 0 Å². The highest BCUT2D eigenvalue weighted by Gasteiger charge is 2.27. The van der Waals surface area contributed by atoms with E-state index in [-0.39, 0.29) is 11.6 Å². The van der Waals surface area contributed by atoms with Crippen molar-refractivity contribution in [3.8, 4) is 16.9 Å². The summed E-state index contributed by atoms with van der Waals surface area (Å²) in [6, 6.07) is 21.7. The summed E-state index contributed by atoms with van der Waals surface area (Å²) in [7, 11) is 0. The van der Waals surface area contributed by atoms with Gasteiger partial charge >= 0.3 is 0 Å². The highest BCUT2D eigenvalue weighted by molar-refractivity contribution is 6.30. The van der Waals surface area contributed by atoms with Crippen molar-refractivity contribution in [3.05, 3.63) is 105 Å². The van der Waals surface area contributed by atoms with Gasteiger partial charge < -0.3 is 9.80 Å². The van der Waals surface area contributed by atoms with Crippen molar-refractivity contribution in [1.82, 2.24) is 14.7 Å². The summed E-state index contributed by atoms with van der Waals surface area (Å²) in [5.41, 5.74) is 5.59. The Morgan fingerprint density at radius 2 is 1.62 bits per heavy atom. The average Bonchev–Trinajstić information content (AvgIpc) is 3.35. The molecule has 0 spiro atoms. The summed E-state index contributed by atoms with van der Waals surface area (Å²) in [5, 5.41) is 16.8. The molecule has 3 aromatic carbocycles. The molecule has 9 heteroatoms. The molecule has 0 bridgehead atoms. The molecule has 188 valence electrons. The number of piperazine rings is 1. The Morgan fingerprint density at radius 3 is 2.32 bits per heavy atom. The number of nitrogens with zero attached hydrogens (tertiary/aromatic N) is 5. The predicted octanol–water partition coefficient (Wildman–Crippen LogP) is 5.68. The minimum atomic E-state index is -0.451. The Hall–Kier alpha value is -4.17. The molecule has 2 heterocycles. The molecule has 5 rings (SSSR count). The fourth-order valence-corrected chi connectivity index (χ4v) is 4.70. The zero-order valence-corrected chi connectivity index (χ0v) is 21.4. The predicted molar refractivity (Wildman–Crippen MR) is 145 cm³/mol. The number of benzene rings is 3. The van der Waals surface area contributed by atoms with Gasteiger partial charge in [-0.2, -0.15) is 5.10 Å². The highest BCUT2D eigenvalue weighted by Crippen LogP contribution is 2.27. The number of hydrogen-bond acceptors (Lipinski definition) is 5. The van der Waals surface area contributed by atoms with E-state index >= 15 is 0 Å². The van der Waals surface area contributed by atoms with Gasteiger partial charge in [0, 0.05) is 54.6 Å². The summed E-state index contributed by atoms with van der Waals surface area (Å²) in [6.45, 7) is 6.47. The number of anilines is 1. The standard InChI is InChI=1S/C28H26ClN5O3/c1-19-9-10-21(15-20(19)2)26-18-27(33(30-26)24-7-4-8-25(17-24)34(36)37)28(35)32-13-11-31(12-14-32)23-6-3-5-22(29)16-23/h3-10,15-18H,11-14H2,1-2H3. The van der Waals surface area contributed by atoms with Crippen LogP contribution < -0.4 is 4.90 Å². The van der Waals surface area contributed by atoms with Crippen molar-refractivity contribution in [2.24, 2.45) is 0 Å². The number of carbonyl (C=O) groups is 1. The zero-order chi connectivity index (χ0) is 26.1. The summed E-state index contributed by atoms with van der Waals surface area (Å²) >= 11 is 6.16. The van der Waals surface area contributed by atoms with E-state index in [0.717, 1.165) is 22.4 Å². The van der Waals surface area contributed by atoms with E-state index in [9.17, 15) is 14.9 Å². The molecule has 0 unspecified atom stereocenters. The summed E-state index contributed by atoms with van der Waals surface area (Å²) in [5.74, 6) is -0.167. The van der Waals surface area contributed by atoms with Crippen LogP contribution in [0.25, 0.3) is 16.9 Å². The van der Waals surface area contributed by atoms with Crippen LogP contribution in [0.4, 0.5) is 11.4 Å². The molecule has 1 fully saturated rings. The molecule has 1 saturated heterocycles. The Morgan fingerprint density at radius 1 is 0.892 bits per heavy atom. The second-order valence-corrected chi connectivity index (χ2v) is 9.60. The van der Waals surface area contributed by atoms with Crippen LogP contribution in [0.2, 0.25) is 5.02 Å². The third-order valence-electron chi connectivity index (χ3n) is 6.76. The summed E-state index contributed by atoms with van der Waals surface area (Å²) < 4.78 is 1.52. The summed E-state index contributed by atoms with van der Waals surface area (Å²) in [6.07, 6.45) is 0. The Bertz CT molecular complexity index is 1490. The molecule has 8 nitrogen and oxygen atoms in total. The number of hydrogen-bond donors (Lipinski definition) is 0. The number of rotatable bonds is 5. The molecule has 1 aliphatic rings. The molecule has 0 atom stereocenters. The number of carbonyl (C=O) groups excluding carboxylic acids is 1. The van der Waals surface area contributed by atoms with E-state index < -0.39 is 4.92 Å². The van der Waals surface area contributed by atoms with Crippen LogP contribution in [0.15, 0.2) is 72.8 Å². The number of amides is 1. The SMILES string of the molecule is Cc1ccc(-c2cc(C(=O)N3CCN(c4cccc(Cl)c4)CC3)n(-c3cccc([N+](=O)[O-])c3)n2)cc1C. The third kappa shape index (κ3) is 5.06. The number of nitro groups is 1. The maximum absolute atomic E-state index is 13.8. The second kappa shape index (κ2) is 10.1. The Balaban J connectivity index is 1.48. The van der Waals surface area contributed by atoms with Gasteiger partial charge in [0.1, 0.15) is 5.69 Å². The van der Waals surface area contributed by atoms with Gasteiger partial charge in [0.05, 0.1) is 16.3 Å². The topological polar surface area (TPSA) is 84.5 Å². The Kier molecular flexibility index (Phi) is 6.67. The first-order chi connectivity index (χ1) is 17.8. The van der Waals surface area contributed by atoms with E-state index in [2.05, 4.69) is 4.90 Å². The normalized spacial score (nSPS) is 13.6. The third-order valence-corrected chi connectivity index (χ3v) is 6.99. The monoisotopic (exact) mass is 515 g/mol. The number of halogens is 1.